The second kappa shape index (κ2) is 19.9. The van der Waals surface area contributed by atoms with Crippen LogP contribution >= 0.6 is 0 Å². The Balaban J connectivity index is 1.45. The van der Waals surface area contributed by atoms with Gasteiger partial charge in [-0.15, -0.1) is 0 Å². The molecule has 0 unspecified atom stereocenters. The van der Waals surface area contributed by atoms with Gasteiger partial charge in [0, 0.05) is 71.9 Å². The van der Waals surface area contributed by atoms with Gasteiger partial charge in [0.05, 0.1) is 13.1 Å². The van der Waals surface area contributed by atoms with Gasteiger partial charge >= 0.3 is 0 Å². The Morgan fingerprint density at radius 2 is 0.944 bits per heavy atom. The zero-order chi connectivity index (χ0) is 24.9. The number of hydrogen-bond acceptors (Lipinski definition) is 7. The first-order valence-electron chi connectivity index (χ1n) is 14.8. The molecular weight excluding hydrogens is 448 g/mol. The molecule has 206 valence electrons. The van der Waals surface area contributed by atoms with Crippen LogP contribution in [0.4, 0.5) is 0 Å². The van der Waals surface area contributed by atoms with Crippen molar-refractivity contribution >= 4 is 0 Å². The number of nitrogens with one attached hydrogen (secondary N) is 5. The SMILES string of the molecule is c1cc(CN2CCCNCC[NH2+]CCCNCC2)ccc1CN1CCCNCCNCCCNCC1. The Bertz CT molecular complexity index is 558. The lowest BCUT2D eigenvalue weighted by molar-refractivity contribution is -0.653. The summed E-state index contributed by atoms with van der Waals surface area (Å²) < 4.78 is 0. The van der Waals surface area contributed by atoms with Crippen LogP contribution in [0.3, 0.4) is 0 Å². The quantitative estimate of drug-likeness (QED) is 0.327. The molecule has 8 heteroatoms. The Morgan fingerprint density at radius 3 is 1.53 bits per heavy atom. The van der Waals surface area contributed by atoms with Gasteiger partial charge in [-0.25, -0.2) is 0 Å². The van der Waals surface area contributed by atoms with Crippen molar-refractivity contribution in [2.45, 2.75) is 38.8 Å². The van der Waals surface area contributed by atoms with E-state index < -0.39 is 0 Å². The summed E-state index contributed by atoms with van der Waals surface area (Å²) in [6.45, 7) is 20.0. The molecule has 2 aliphatic heterocycles. The molecule has 0 aliphatic carbocycles. The Labute approximate surface area is 220 Å². The summed E-state index contributed by atoms with van der Waals surface area (Å²) >= 11 is 0. The van der Waals surface area contributed by atoms with Gasteiger partial charge in [0.1, 0.15) is 0 Å². The zero-order valence-electron chi connectivity index (χ0n) is 22.8. The monoisotopic (exact) mass is 503 g/mol. The number of quaternary nitrogens is 1. The maximum Gasteiger partial charge on any atom is 0.0882 e. The lowest BCUT2D eigenvalue weighted by Crippen LogP contribution is -2.85. The van der Waals surface area contributed by atoms with Gasteiger partial charge in [0.25, 0.3) is 0 Å². The van der Waals surface area contributed by atoms with E-state index in [-0.39, 0.29) is 0 Å². The van der Waals surface area contributed by atoms with Gasteiger partial charge in [0.15, 0.2) is 0 Å². The van der Waals surface area contributed by atoms with E-state index >= 15 is 0 Å². The van der Waals surface area contributed by atoms with Crippen molar-refractivity contribution in [3.05, 3.63) is 35.4 Å². The molecule has 0 saturated carbocycles. The van der Waals surface area contributed by atoms with Gasteiger partial charge in [-0.3, -0.25) is 9.80 Å². The molecular formula is C28H55N8+. The standard InChI is InChI=1S/C28H54N8/c1-9-29-15-17-31-13-3-21-35(23-19-33-11-1)25-27-5-7-28(8-6-27)26-36-22-4-14-32-18-16-30-10-2-12-34-20-24-36/h5-8,29-34H,1-4,9-26H2/p+1. The molecule has 8 nitrogen and oxygen atoms in total. The van der Waals surface area contributed by atoms with E-state index in [4.69, 9.17) is 0 Å². The van der Waals surface area contributed by atoms with Crippen molar-refractivity contribution in [2.75, 3.05) is 105 Å². The topological polar surface area (TPSA) is 83.2 Å². The van der Waals surface area contributed by atoms with Crippen molar-refractivity contribution in [1.29, 1.82) is 0 Å². The summed E-state index contributed by atoms with van der Waals surface area (Å²) in [5.74, 6) is 0. The maximum atomic E-state index is 3.65. The van der Waals surface area contributed by atoms with Crippen LogP contribution in [0.15, 0.2) is 24.3 Å². The minimum atomic E-state index is 1.04. The lowest BCUT2D eigenvalue weighted by Gasteiger charge is -2.24. The zero-order valence-corrected chi connectivity index (χ0v) is 22.8. The fraction of sp³-hybridized carbons (Fsp3) is 0.786. The van der Waals surface area contributed by atoms with Crippen molar-refractivity contribution < 1.29 is 5.32 Å². The van der Waals surface area contributed by atoms with Crippen LogP contribution in [0.2, 0.25) is 0 Å². The minimum absolute atomic E-state index is 1.04. The molecule has 2 aliphatic rings. The van der Waals surface area contributed by atoms with E-state index in [0.29, 0.717) is 0 Å². The van der Waals surface area contributed by atoms with Crippen molar-refractivity contribution in [1.82, 2.24) is 36.4 Å². The van der Waals surface area contributed by atoms with E-state index in [0.717, 1.165) is 105 Å². The molecule has 2 fully saturated rings. The van der Waals surface area contributed by atoms with E-state index in [1.165, 1.54) is 49.9 Å². The molecule has 1 aromatic carbocycles. The molecule has 2 saturated heterocycles. The Kier molecular flexibility index (Phi) is 16.3. The molecule has 36 heavy (non-hydrogen) atoms. The van der Waals surface area contributed by atoms with E-state index in [1.54, 1.807) is 0 Å². The lowest BCUT2D eigenvalue weighted by atomic mass is 10.1. The molecule has 0 amide bonds. The second-order valence-corrected chi connectivity index (χ2v) is 10.4. The number of benzene rings is 1. The highest BCUT2D eigenvalue weighted by molar-refractivity contribution is 5.22. The number of rotatable bonds is 4. The number of hydrogen-bond donors (Lipinski definition) is 6. The van der Waals surface area contributed by atoms with Gasteiger partial charge < -0.3 is 31.9 Å². The van der Waals surface area contributed by atoms with Gasteiger partial charge in [-0.2, -0.15) is 0 Å². The number of nitrogens with zero attached hydrogens (tertiary/aromatic N) is 2. The van der Waals surface area contributed by atoms with E-state index in [2.05, 4.69) is 66.0 Å². The van der Waals surface area contributed by atoms with Crippen LogP contribution in [0.1, 0.15) is 36.8 Å². The summed E-state index contributed by atoms with van der Waals surface area (Å²) in [4.78, 5) is 5.24. The van der Waals surface area contributed by atoms with Crippen LogP contribution in [0.25, 0.3) is 0 Å². The molecule has 1 aromatic rings. The van der Waals surface area contributed by atoms with Gasteiger partial charge in [0.2, 0.25) is 0 Å². The molecule has 3 rings (SSSR count). The first-order chi connectivity index (χ1) is 17.9. The summed E-state index contributed by atoms with van der Waals surface area (Å²) in [7, 11) is 0. The smallest absolute Gasteiger partial charge is 0.0882 e. The molecule has 0 aromatic heterocycles. The predicted octanol–water partition coefficient (Wildman–Crippen LogP) is -0.610. The summed E-state index contributed by atoms with van der Waals surface area (Å²) in [5, 5.41) is 20.4. The van der Waals surface area contributed by atoms with Crippen LogP contribution in [-0.2, 0) is 13.1 Å². The molecule has 7 N–H and O–H groups in total. The third-order valence-corrected chi connectivity index (χ3v) is 7.17. The molecule has 0 radical (unpaired) electrons. The largest absolute Gasteiger partial charge is 0.345 e. The highest BCUT2D eigenvalue weighted by Gasteiger charge is 2.09. The molecule has 0 atom stereocenters. The van der Waals surface area contributed by atoms with Crippen molar-refractivity contribution in [2.24, 2.45) is 0 Å². The summed E-state index contributed by atoms with van der Waals surface area (Å²) in [5.41, 5.74) is 2.86. The van der Waals surface area contributed by atoms with Crippen molar-refractivity contribution in [3.63, 3.8) is 0 Å². The highest BCUT2D eigenvalue weighted by atomic mass is 15.1. The summed E-state index contributed by atoms with van der Waals surface area (Å²) in [6, 6.07) is 9.44. The normalized spacial score (nSPS) is 22.9. The van der Waals surface area contributed by atoms with Crippen LogP contribution < -0.4 is 31.9 Å². The van der Waals surface area contributed by atoms with Gasteiger partial charge in [-0.05, 0) is 69.7 Å². The second-order valence-electron chi connectivity index (χ2n) is 10.4. The van der Waals surface area contributed by atoms with Crippen LogP contribution in [0, 0.1) is 0 Å². The first-order valence-corrected chi connectivity index (χ1v) is 14.8. The molecule has 2 heterocycles. The van der Waals surface area contributed by atoms with Crippen molar-refractivity contribution in [3.8, 4) is 0 Å². The number of nitrogens with two attached hydrogens (primary N) is 1. The Hall–Kier alpha value is -1.10. The third-order valence-electron chi connectivity index (χ3n) is 7.17. The fourth-order valence-electron chi connectivity index (χ4n) is 5.00. The molecule has 0 bridgehead atoms. The highest BCUT2D eigenvalue weighted by Crippen LogP contribution is 2.11. The fourth-order valence-corrected chi connectivity index (χ4v) is 5.00. The average molecular weight is 504 g/mol. The predicted molar refractivity (Wildman–Crippen MR) is 151 cm³/mol. The molecule has 0 spiro atoms. The van der Waals surface area contributed by atoms with E-state index in [1.807, 2.05) is 0 Å². The first kappa shape index (κ1) is 29.5. The summed E-state index contributed by atoms with van der Waals surface area (Å²) in [6.07, 6.45) is 4.87. The van der Waals surface area contributed by atoms with Crippen LogP contribution in [0.5, 0.6) is 0 Å². The maximum absolute atomic E-state index is 3.65. The minimum Gasteiger partial charge on any atom is -0.345 e. The van der Waals surface area contributed by atoms with E-state index in [9.17, 15) is 0 Å². The van der Waals surface area contributed by atoms with Crippen LogP contribution in [-0.4, -0.2) is 115 Å². The average Bonchev–Trinajstić information content (AvgIpc) is 2.89. The third kappa shape index (κ3) is 14.0. The Morgan fingerprint density at radius 1 is 0.472 bits per heavy atom. The van der Waals surface area contributed by atoms with Gasteiger partial charge in [-0.1, -0.05) is 24.3 Å².